The van der Waals surface area contributed by atoms with Crippen LogP contribution in [0.2, 0.25) is 10.0 Å². The number of imide groups is 1. The van der Waals surface area contributed by atoms with E-state index in [1.807, 2.05) is 30.3 Å². The van der Waals surface area contributed by atoms with Gasteiger partial charge in [0.2, 0.25) is 11.8 Å². The summed E-state index contributed by atoms with van der Waals surface area (Å²) in [6.07, 6.45) is 0. The van der Waals surface area contributed by atoms with Crippen molar-refractivity contribution in [3.05, 3.63) is 70.0 Å². The van der Waals surface area contributed by atoms with Crippen LogP contribution < -0.4 is 5.32 Å². The second-order valence-electron chi connectivity index (χ2n) is 6.44. The number of hydrogen-bond donors (Lipinski definition) is 1. The number of carbonyl (C=O) groups is 2. The summed E-state index contributed by atoms with van der Waals surface area (Å²) in [7, 11) is 0. The number of hydrogen-bond acceptors (Lipinski definition) is 5. The lowest BCUT2D eigenvalue weighted by Crippen LogP contribution is -2.41. The largest absolute Gasteiger partial charge is 0.419 e. The van der Waals surface area contributed by atoms with E-state index in [0.29, 0.717) is 16.5 Å². The molecule has 0 spiro atoms. The van der Waals surface area contributed by atoms with Crippen LogP contribution in [0.4, 0.5) is 4.79 Å². The molecule has 1 saturated heterocycles. The van der Waals surface area contributed by atoms with Gasteiger partial charge in [-0.3, -0.25) is 9.69 Å². The van der Waals surface area contributed by atoms with Crippen molar-refractivity contribution in [2.45, 2.75) is 19.0 Å². The lowest BCUT2D eigenvalue weighted by molar-refractivity contribution is -0.131. The second-order valence-corrected chi connectivity index (χ2v) is 7.28. The SMILES string of the molecule is CC1(c2ccc(Cl)cc2Cl)NC(=O)N(Cc2nnc(-c3ccccc3)o2)C1=O. The number of amides is 3. The number of halogens is 2. The van der Waals surface area contributed by atoms with Crippen molar-refractivity contribution in [2.24, 2.45) is 0 Å². The van der Waals surface area contributed by atoms with Gasteiger partial charge in [0.15, 0.2) is 0 Å². The molecule has 1 atom stereocenters. The maximum absolute atomic E-state index is 13.0. The molecule has 1 aromatic heterocycles. The van der Waals surface area contributed by atoms with Gasteiger partial charge in [0.25, 0.3) is 5.91 Å². The van der Waals surface area contributed by atoms with Crippen LogP contribution in [-0.4, -0.2) is 27.0 Å². The van der Waals surface area contributed by atoms with E-state index in [1.54, 1.807) is 19.1 Å². The van der Waals surface area contributed by atoms with E-state index >= 15 is 0 Å². The molecule has 142 valence electrons. The van der Waals surface area contributed by atoms with Gasteiger partial charge in [0.1, 0.15) is 12.1 Å². The van der Waals surface area contributed by atoms with E-state index in [9.17, 15) is 9.59 Å². The minimum Gasteiger partial charge on any atom is -0.419 e. The first kappa shape index (κ1) is 18.5. The molecule has 0 radical (unpaired) electrons. The number of urea groups is 1. The van der Waals surface area contributed by atoms with E-state index < -0.39 is 17.5 Å². The van der Waals surface area contributed by atoms with Crippen molar-refractivity contribution in [1.29, 1.82) is 0 Å². The van der Waals surface area contributed by atoms with E-state index in [-0.39, 0.29) is 17.5 Å². The number of rotatable bonds is 4. The normalized spacial score (nSPS) is 19.2. The van der Waals surface area contributed by atoms with Crippen LogP contribution in [0, 0.1) is 0 Å². The number of carbonyl (C=O) groups excluding carboxylic acids is 2. The smallest absolute Gasteiger partial charge is 0.325 e. The van der Waals surface area contributed by atoms with Crippen LogP contribution in [0.5, 0.6) is 0 Å². The summed E-state index contributed by atoms with van der Waals surface area (Å²) < 4.78 is 5.60. The Hall–Kier alpha value is -2.90. The average molecular weight is 417 g/mol. The molecule has 0 aliphatic carbocycles. The Kier molecular flexibility index (Phi) is 4.56. The number of nitrogens with zero attached hydrogens (tertiary/aromatic N) is 3. The zero-order valence-electron chi connectivity index (χ0n) is 14.6. The highest BCUT2D eigenvalue weighted by Crippen LogP contribution is 2.35. The van der Waals surface area contributed by atoms with Crippen LogP contribution in [0.3, 0.4) is 0 Å². The molecule has 3 amide bonds. The maximum Gasteiger partial charge on any atom is 0.325 e. The molecule has 3 aromatic rings. The van der Waals surface area contributed by atoms with Crippen molar-refractivity contribution in [3.63, 3.8) is 0 Å². The molecule has 2 aromatic carbocycles. The molecular weight excluding hydrogens is 403 g/mol. The van der Waals surface area contributed by atoms with Gasteiger partial charge < -0.3 is 9.73 Å². The molecule has 28 heavy (non-hydrogen) atoms. The zero-order valence-corrected chi connectivity index (χ0v) is 16.2. The minimum atomic E-state index is -1.32. The Morgan fingerprint density at radius 3 is 2.57 bits per heavy atom. The minimum absolute atomic E-state index is 0.147. The Bertz CT molecular complexity index is 1070. The van der Waals surface area contributed by atoms with Gasteiger partial charge in [-0.05, 0) is 31.2 Å². The van der Waals surface area contributed by atoms with Crippen LogP contribution in [0.25, 0.3) is 11.5 Å². The quantitative estimate of drug-likeness (QED) is 0.648. The average Bonchev–Trinajstić information content (AvgIpc) is 3.22. The van der Waals surface area contributed by atoms with Crippen LogP contribution in [0.15, 0.2) is 52.9 Å². The third-order valence-electron chi connectivity index (χ3n) is 4.53. The summed E-state index contributed by atoms with van der Waals surface area (Å²) in [5, 5.41) is 11.3. The molecule has 7 nitrogen and oxygen atoms in total. The maximum atomic E-state index is 13.0. The first-order chi connectivity index (χ1) is 13.4. The first-order valence-electron chi connectivity index (χ1n) is 8.36. The summed E-state index contributed by atoms with van der Waals surface area (Å²) in [4.78, 5) is 26.5. The molecule has 0 bridgehead atoms. The topological polar surface area (TPSA) is 88.3 Å². The Labute approximate surface area is 170 Å². The first-order valence-corrected chi connectivity index (χ1v) is 9.11. The van der Waals surface area contributed by atoms with E-state index in [0.717, 1.165) is 10.5 Å². The molecular formula is C19H14Cl2N4O3. The highest BCUT2D eigenvalue weighted by Gasteiger charge is 2.50. The monoisotopic (exact) mass is 416 g/mol. The Morgan fingerprint density at radius 1 is 1.11 bits per heavy atom. The Morgan fingerprint density at radius 2 is 1.86 bits per heavy atom. The van der Waals surface area contributed by atoms with Crippen molar-refractivity contribution in [2.75, 3.05) is 0 Å². The third-order valence-corrected chi connectivity index (χ3v) is 5.07. The molecule has 0 saturated carbocycles. The lowest BCUT2D eigenvalue weighted by atomic mass is 9.92. The molecule has 9 heteroatoms. The van der Waals surface area contributed by atoms with Gasteiger partial charge in [-0.25, -0.2) is 4.79 Å². The summed E-state index contributed by atoms with van der Waals surface area (Å²) in [6, 6.07) is 13.4. The fourth-order valence-corrected chi connectivity index (χ4v) is 3.67. The molecule has 1 N–H and O–H groups in total. The summed E-state index contributed by atoms with van der Waals surface area (Å²) in [5.74, 6) is -0.0128. The molecule has 1 unspecified atom stereocenters. The highest BCUT2D eigenvalue weighted by atomic mass is 35.5. The van der Waals surface area contributed by atoms with Gasteiger partial charge in [0, 0.05) is 21.2 Å². The van der Waals surface area contributed by atoms with Crippen molar-refractivity contribution in [3.8, 4) is 11.5 Å². The lowest BCUT2D eigenvalue weighted by Gasteiger charge is -2.23. The van der Waals surface area contributed by atoms with Gasteiger partial charge in [0.05, 0.1) is 0 Å². The predicted molar refractivity (Wildman–Crippen MR) is 103 cm³/mol. The fraction of sp³-hybridized carbons (Fsp3) is 0.158. The van der Waals surface area contributed by atoms with Gasteiger partial charge >= 0.3 is 6.03 Å². The van der Waals surface area contributed by atoms with Gasteiger partial charge in [-0.1, -0.05) is 47.5 Å². The zero-order chi connectivity index (χ0) is 19.9. The second kappa shape index (κ2) is 6.92. The van der Waals surface area contributed by atoms with Gasteiger partial charge in [-0.15, -0.1) is 10.2 Å². The molecule has 2 heterocycles. The predicted octanol–water partition coefficient (Wildman–Crippen LogP) is 4.01. The number of nitrogens with one attached hydrogen (secondary N) is 1. The van der Waals surface area contributed by atoms with Crippen LogP contribution in [0.1, 0.15) is 18.4 Å². The molecule has 1 aliphatic rings. The summed E-state index contributed by atoms with van der Waals surface area (Å²) in [5.41, 5.74) is -0.118. The molecule has 4 rings (SSSR count). The summed E-state index contributed by atoms with van der Waals surface area (Å²) >= 11 is 12.2. The highest BCUT2D eigenvalue weighted by molar-refractivity contribution is 6.35. The fourth-order valence-electron chi connectivity index (χ4n) is 3.07. The van der Waals surface area contributed by atoms with Crippen molar-refractivity contribution >= 4 is 35.1 Å². The van der Waals surface area contributed by atoms with Crippen molar-refractivity contribution in [1.82, 2.24) is 20.4 Å². The van der Waals surface area contributed by atoms with Crippen molar-refractivity contribution < 1.29 is 14.0 Å². The van der Waals surface area contributed by atoms with Crippen LogP contribution >= 0.6 is 23.2 Å². The van der Waals surface area contributed by atoms with E-state index in [4.69, 9.17) is 27.6 Å². The van der Waals surface area contributed by atoms with E-state index in [1.165, 1.54) is 6.07 Å². The number of aromatic nitrogens is 2. The standard InChI is InChI=1S/C19H14Cl2N4O3/c1-19(13-8-7-12(20)9-14(13)21)17(26)25(18(27)22-19)10-15-23-24-16(28-15)11-5-3-2-4-6-11/h2-9H,10H2,1H3,(H,22,27). The summed E-state index contributed by atoms with van der Waals surface area (Å²) in [6.45, 7) is 1.44. The molecule has 1 aliphatic heterocycles. The molecule has 1 fully saturated rings. The number of benzene rings is 2. The van der Waals surface area contributed by atoms with E-state index in [2.05, 4.69) is 15.5 Å². The Balaban J connectivity index is 1.59. The van der Waals surface area contributed by atoms with Gasteiger partial charge in [-0.2, -0.15) is 0 Å². The third kappa shape index (κ3) is 3.12. The van der Waals surface area contributed by atoms with Crippen LogP contribution in [-0.2, 0) is 16.9 Å².